The zero-order chi connectivity index (χ0) is 25.1. The fraction of sp³-hybridized carbons (Fsp3) is 0.286. The Kier molecular flexibility index (Phi) is 10.1. The monoisotopic (exact) mass is 460 g/mol. The average Bonchev–Trinajstić information content (AvgIpc) is 2.84. The third kappa shape index (κ3) is 7.37. The number of carbonyl (C=O) groups excluding carboxylic acids is 2. The molecule has 0 heterocycles. The van der Waals surface area contributed by atoms with Gasteiger partial charge in [0.15, 0.2) is 0 Å². The van der Waals surface area contributed by atoms with Gasteiger partial charge in [-0.25, -0.2) is 0 Å². The van der Waals surface area contributed by atoms with Gasteiger partial charge in [-0.2, -0.15) is 0 Å². The van der Waals surface area contributed by atoms with Crippen molar-refractivity contribution in [2.24, 2.45) is 0 Å². The van der Waals surface area contributed by atoms with E-state index in [0.29, 0.717) is 37.3 Å². The topological polar surface area (TPSA) is 47.1 Å². The number of carbonyl (C=O) groups is 2. The summed E-state index contributed by atoms with van der Waals surface area (Å²) in [7, 11) is 7.85. The van der Waals surface area contributed by atoms with Gasteiger partial charge in [0.05, 0.1) is 0 Å². The van der Waals surface area contributed by atoms with E-state index in [4.69, 9.17) is 0 Å². The number of nitrogens with zero attached hydrogens (tertiary/aromatic N) is 4. The van der Waals surface area contributed by atoms with Crippen molar-refractivity contribution in [3.63, 3.8) is 0 Å². The summed E-state index contributed by atoms with van der Waals surface area (Å²) in [4.78, 5) is 33.3. The molecule has 180 valence electrons. The Labute approximate surface area is 204 Å². The van der Waals surface area contributed by atoms with Gasteiger partial charge in [-0.3, -0.25) is 9.59 Å². The highest BCUT2D eigenvalue weighted by Gasteiger charge is 2.15. The van der Waals surface area contributed by atoms with Crippen molar-refractivity contribution in [2.75, 3.05) is 64.2 Å². The molecule has 6 nitrogen and oxygen atoms in total. The summed E-state index contributed by atoms with van der Waals surface area (Å²) >= 11 is 0. The summed E-state index contributed by atoms with van der Waals surface area (Å²) in [6.45, 7) is 9.28. The van der Waals surface area contributed by atoms with Crippen LogP contribution in [0.5, 0.6) is 0 Å². The normalized spacial score (nSPS) is 10.6. The summed E-state index contributed by atoms with van der Waals surface area (Å²) < 4.78 is 0. The predicted octanol–water partition coefficient (Wildman–Crippen LogP) is 4.33. The molecule has 0 aliphatic heterocycles. The summed E-state index contributed by atoms with van der Waals surface area (Å²) in [5.74, 6) is -0.121. The highest BCUT2D eigenvalue weighted by molar-refractivity contribution is 5.95. The molecule has 0 aromatic heterocycles. The summed E-state index contributed by atoms with van der Waals surface area (Å²) in [5, 5.41) is 0. The van der Waals surface area contributed by atoms with E-state index < -0.39 is 0 Å². The Morgan fingerprint density at radius 1 is 0.618 bits per heavy atom. The van der Waals surface area contributed by atoms with Crippen molar-refractivity contribution >= 4 is 23.2 Å². The van der Waals surface area contributed by atoms with E-state index in [1.807, 2.05) is 98.7 Å². The maximum atomic E-state index is 13.0. The van der Waals surface area contributed by atoms with Gasteiger partial charge in [0.2, 0.25) is 0 Å². The quantitative estimate of drug-likeness (QED) is 0.443. The molecule has 0 aliphatic carbocycles. The number of amides is 2. The zero-order valence-electron chi connectivity index (χ0n) is 20.8. The van der Waals surface area contributed by atoms with Gasteiger partial charge < -0.3 is 19.6 Å². The largest absolute Gasteiger partial charge is 0.378 e. The molecule has 2 aromatic carbocycles. The van der Waals surface area contributed by atoms with E-state index in [0.717, 1.165) is 11.4 Å². The van der Waals surface area contributed by atoms with Crippen LogP contribution in [-0.4, -0.2) is 76.0 Å². The van der Waals surface area contributed by atoms with Crippen molar-refractivity contribution in [1.82, 2.24) is 9.80 Å². The number of hydrogen-bond donors (Lipinski definition) is 0. The molecular formula is C28H36N4O2. The Morgan fingerprint density at radius 2 is 0.941 bits per heavy atom. The first-order chi connectivity index (χ1) is 16.3. The van der Waals surface area contributed by atoms with Crippen LogP contribution in [0.2, 0.25) is 0 Å². The fourth-order valence-electron chi connectivity index (χ4n) is 3.37. The Bertz CT molecular complexity index is 911. The lowest BCUT2D eigenvalue weighted by molar-refractivity contribution is 0.0778. The lowest BCUT2D eigenvalue weighted by Crippen LogP contribution is -2.32. The van der Waals surface area contributed by atoms with E-state index in [1.165, 1.54) is 0 Å². The van der Waals surface area contributed by atoms with E-state index in [9.17, 15) is 9.59 Å². The van der Waals surface area contributed by atoms with Crippen LogP contribution in [0, 0.1) is 0 Å². The Morgan fingerprint density at radius 3 is 1.21 bits per heavy atom. The number of anilines is 2. The highest BCUT2D eigenvalue weighted by Crippen LogP contribution is 2.15. The molecule has 0 spiro atoms. The van der Waals surface area contributed by atoms with Gasteiger partial charge in [-0.1, -0.05) is 24.3 Å². The second-order valence-electron chi connectivity index (χ2n) is 8.35. The van der Waals surface area contributed by atoms with Crippen molar-refractivity contribution in [3.05, 3.63) is 97.1 Å². The fourth-order valence-corrected chi connectivity index (χ4v) is 3.37. The molecule has 2 amide bonds. The molecule has 2 aromatic rings. The molecule has 0 N–H and O–H groups in total. The van der Waals surface area contributed by atoms with Crippen LogP contribution in [0.25, 0.3) is 0 Å². The molecule has 34 heavy (non-hydrogen) atoms. The number of hydrogen-bond acceptors (Lipinski definition) is 4. The first-order valence-corrected chi connectivity index (χ1v) is 11.3. The molecule has 6 heteroatoms. The first kappa shape index (κ1) is 26.5. The zero-order valence-corrected chi connectivity index (χ0v) is 20.8. The van der Waals surface area contributed by atoms with Gasteiger partial charge in [0, 0.05) is 76.9 Å². The molecule has 2 rings (SSSR count). The van der Waals surface area contributed by atoms with E-state index in [-0.39, 0.29) is 11.8 Å². The molecule has 0 aliphatic rings. The minimum absolute atomic E-state index is 0.0603. The maximum Gasteiger partial charge on any atom is 0.254 e. The highest BCUT2D eigenvalue weighted by atomic mass is 16.2. The van der Waals surface area contributed by atoms with Gasteiger partial charge >= 0.3 is 0 Å². The molecule has 0 saturated heterocycles. The van der Waals surface area contributed by atoms with Gasteiger partial charge in [-0.15, -0.1) is 13.2 Å². The van der Waals surface area contributed by atoms with Gasteiger partial charge in [0.25, 0.3) is 11.8 Å². The van der Waals surface area contributed by atoms with Gasteiger partial charge in [-0.05, 0) is 48.5 Å². The van der Waals surface area contributed by atoms with Crippen LogP contribution >= 0.6 is 0 Å². The smallest absolute Gasteiger partial charge is 0.254 e. The van der Waals surface area contributed by atoms with Crippen LogP contribution in [0.1, 0.15) is 20.7 Å². The average molecular weight is 461 g/mol. The number of rotatable bonds is 12. The van der Waals surface area contributed by atoms with E-state index in [1.54, 1.807) is 22.0 Å². The van der Waals surface area contributed by atoms with Crippen LogP contribution in [-0.2, 0) is 0 Å². The number of benzene rings is 2. The lowest BCUT2D eigenvalue weighted by Gasteiger charge is -2.22. The van der Waals surface area contributed by atoms with Crippen molar-refractivity contribution < 1.29 is 9.59 Å². The summed E-state index contributed by atoms with van der Waals surface area (Å²) in [5.41, 5.74) is 3.33. The third-order valence-electron chi connectivity index (χ3n) is 5.35. The summed E-state index contributed by atoms with van der Waals surface area (Å²) in [6.07, 6.45) is 7.25. The molecule has 0 radical (unpaired) electrons. The van der Waals surface area contributed by atoms with Gasteiger partial charge in [0.1, 0.15) is 0 Å². The minimum atomic E-state index is -0.0603. The summed E-state index contributed by atoms with van der Waals surface area (Å²) in [6, 6.07) is 15.1. The molecule has 0 fully saturated rings. The van der Waals surface area contributed by atoms with Crippen molar-refractivity contribution in [1.29, 1.82) is 0 Å². The maximum absolute atomic E-state index is 13.0. The second-order valence-corrected chi connectivity index (χ2v) is 8.35. The van der Waals surface area contributed by atoms with E-state index >= 15 is 0 Å². The minimum Gasteiger partial charge on any atom is -0.378 e. The lowest BCUT2D eigenvalue weighted by atomic mass is 10.1. The van der Waals surface area contributed by atoms with Crippen molar-refractivity contribution in [2.45, 2.75) is 0 Å². The molecule has 0 bridgehead atoms. The van der Waals surface area contributed by atoms with Crippen LogP contribution in [0.15, 0.2) is 86.0 Å². The van der Waals surface area contributed by atoms with Crippen molar-refractivity contribution in [3.8, 4) is 0 Å². The third-order valence-corrected chi connectivity index (χ3v) is 5.35. The second kappa shape index (κ2) is 13.0. The predicted molar refractivity (Wildman–Crippen MR) is 143 cm³/mol. The van der Waals surface area contributed by atoms with Crippen LogP contribution in [0.3, 0.4) is 0 Å². The Balaban J connectivity index is 2.03. The SMILES string of the molecule is C=CCN(C/C=C/CN(CC=C)C(=O)c1ccc(N(C)C)cc1)C(=O)c1ccc(N(C)C)cc1. The van der Waals surface area contributed by atoms with E-state index in [2.05, 4.69) is 13.2 Å². The van der Waals surface area contributed by atoms with Crippen LogP contribution < -0.4 is 9.80 Å². The molecular weight excluding hydrogens is 424 g/mol. The van der Waals surface area contributed by atoms with Crippen LogP contribution in [0.4, 0.5) is 11.4 Å². The molecule has 0 atom stereocenters. The Hall–Kier alpha value is -3.80. The standard InChI is InChI=1S/C28H36N4O2/c1-7-19-31(27(33)23-11-15-25(16-12-23)29(3)4)21-9-10-22-32(20-8-2)28(34)24-13-17-26(18-14-24)30(5)6/h7-18H,1-2,19-22H2,3-6H3/b10-9+. The molecule has 0 saturated carbocycles. The molecule has 0 unspecified atom stereocenters. The first-order valence-electron chi connectivity index (χ1n) is 11.3.